The van der Waals surface area contributed by atoms with Crippen molar-refractivity contribution in [2.75, 3.05) is 13.2 Å². The SMILES string of the molecule is O=C(OCc1cc2c(cc1Br)OCCO2)c1cnccn1. The van der Waals surface area contributed by atoms with Gasteiger partial charge < -0.3 is 14.2 Å². The van der Waals surface area contributed by atoms with Crippen molar-refractivity contribution in [3.63, 3.8) is 0 Å². The van der Waals surface area contributed by atoms with Crippen molar-refractivity contribution in [2.24, 2.45) is 0 Å². The third kappa shape index (κ3) is 3.13. The molecule has 1 aliphatic rings. The van der Waals surface area contributed by atoms with Crippen LogP contribution in [0.4, 0.5) is 0 Å². The molecule has 0 amide bonds. The van der Waals surface area contributed by atoms with Crippen molar-refractivity contribution in [3.05, 3.63) is 46.5 Å². The van der Waals surface area contributed by atoms with Crippen LogP contribution in [0.2, 0.25) is 0 Å². The van der Waals surface area contributed by atoms with Gasteiger partial charge in [0, 0.05) is 22.4 Å². The first-order valence-electron chi connectivity index (χ1n) is 6.25. The van der Waals surface area contributed by atoms with Crippen LogP contribution in [0.5, 0.6) is 11.5 Å². The molecule has 21 heavy (non-hydrogen) atoms. The number of esters is 1. The van der Waals surface area contributed by atoms with Gasteiger partial charge in [-0.2, -0.15) is 0 Å². The molecule has 3 rings (SSSR count). The second-order valence-electron chi connectivity index (χ2n) is 4.25. The van der Waals surface area contributed by atoms with E-state index in [0.29, 0.717) is 24.7 Å². The lowest BCUT2D eigenvalue weighted by atomic mass is 10.2. The molecule has 0 bridgehead atoms. The summed E-state index contributed by atoms with van der Waals surface area (Å²) < 4.78 is 17.0. The number of rotatable bonds is 3. The summed E-state index contributed by atoms with van der Waals surface area (Å²) in [6.45, 7) is 1.14. The summed E-state index contributed by atoms with van der Waals surface area (Å²) in [5.74, 6) is 0.803. The minimum absolute atomic E-state index is 0.104. The van der Waals surface area contributed by atoms with Gasteiger partial charge in [0.1, 0.15) is 19.8 Å². The van der Waals surface area contributed by atoms with E-state index in [1.54, 1.807) is 12.1 Å². The van der Waals surface area contributed by atoms with Crippen LogP contribution in [-0.2, 0) is 11.3 Å². The number of halogens is 1. The Hall–Kier alpha value is -2.15. The second kappa shape index (κ2) is 6.09. The molecule has 0 atom stereocenters. The average molecular weight is 351 g/mol. The highest BCUT2D eigenvalue weighted by Crippen LogP contribution is 2.35. The predicted octanol–water partition coefficient (Wildman–Crippen LogP) is 2.37. The fourth-order valence-corrected chi connectivity index (χ4v) is 2.28. The number of benzene rings is 1. The molecular formula is C14H11BrN2O4. The molecule has 108 valence electrons. The quantitative estimate of drug-likeness (QED) is 0.791. The molecule has 7 heteroatoms. The van der Waals surface area contributed by atoms with Crippen molar-refractivity contribution in [3.8, 4) is 11.5 Å². The number of ether oxygens (including phenoxy) is 3. The topological polar surface area (TPSA) is 70.5 Å². The Bertz CT molecular complexity index is 664. The minimum atomic E-state index is -0.523. The maximum absolute atomic E-state index is 11.8. The van der Waals surface area contributed by atoms with Crippen LogP contribution in [-0.4, -0.2) is 29.2 Å². The Morgan fingerprint density at radius 3 is 2.71 bits per heavy atom. The molecule has 0 N–H and O–H groups in total. The van der Waals surface area contributed by atoms with Gasteiger partial charge in [-0.1, -0.05) is 15.9 Å². The zero-order valence-corrected chi connectivity index (χ0v) is 12.5. The molecule has 6 nitrogen and oxygen atoms in total. The molecule has 2 aromatic rings. The molecule has 0 fully saturated rings. The Balaban J connectivity index is 1.72. The first-order chi connectivity index (χ1) is 10.2. The molecular weight excluding hydrogens is 340 g/mol. The molecule has 1 aliphatic heterocycles. The van der Waals surface area contributed by atoms with Gasteiger partial charge in [0.15, 0.2) is 17.2 Å². The standard InChI is InChI=1S/C14H11BrN2O4/c15-10-6-13-12(19-3-4-20-13)5-9(10)8-21-14(18)11-7-16-1-2-17-11/h1-2,5-7H,3-4,8H2. The van der Waals surface area contributed by atoms with Crippen molar-refractivity contribution in [1.82, 2.24) is 9.97 Å². The zero-order chi connectivity index (χ0) is 14.7. The zero-order valence-electron chi connectivity index (χ0n) is 10.9. The Morgan fingerprint density at radius 2 is 2.00 bits per heavy atom. The maximum atomic E-state index is 11.8. The lowest BCUT2D eigenvalue weighted by Gasteiger charge is -2.19. The second-order valence-corrected chi connectivity index (χ2v) is 5.11. The lowest BCUT2D eigenvalue weighted by molar-refractivity contribution is 0.0463. The fourth-order valence-electron chi connectivity index (χ4n) is 1.84. The summed E-state index contributed by atoms with van der Waals surface area (Å²) in [5.41, 5.74) is 0.961. The van der Waals surface area contributed by atoms with Crippen molar-refractivity contribution >= 4 is 21.9 Å². The fraction of sp³-hybridized carbons (Fsp3) is 0.214. The Labute approximate surface area is 129 Å². The van der Waals surface area contributed by atoms with E-state index in [4.69, 9.17) is 14.2 Å². The summed E-state index contributed by atoms with van der Waals surface area (Å²) in [6.07, 6.45) is 4.30. The monoisotopic (exact) mass is 350 g/mol. The smallest absolute Gasteiger partial charge is 0.358 e. The van der Waals surface area contributed by atoms with Gasteiger partial charge >= 0.3 is 5.97 Å². The highest BCUT2D eigenvalue weighted by atomic mass is 79.9. The van der Waals surface area contributed by atoms with Crippen LogP contribution < -0.4 is 9.47 Å². The third-order valence-electron chi connectivity index (χ3n) is 2.84. The largest absolute Gasteiger partial charge is 0.486 e. The lowest BCUT2D eigenvalue weighted by Crippen LogP contribution is -2.16. The van der Waals surface area contributed by atoms with Crippen molar-refractivity contribution in [1.29, 1.82) is 0 Å². The van der Waals surface area contributed by atoms with Gasteiger partial charge in [0.25, 0.3) is 0 Å². The third-order valence-corrected chi connectivity index (χ3v) is 3.58. The number of carbonyl (C=O) groups is 1. The molecule has 0 radical (unpaired) electrons. The van der Waals surface area contributed by atoms with E-state index in [1.165, 1.54) is 18.6 Å². The number of hydrogen-bond donors (Lipinski definition) is 0. The molecule has 0 saturated carbocycles. The molecule has 0 saturated heterocycles. The minimum Gasteiger partial charge on any atom is -0.486 e. The summed E-state index contributed by atoms with van der Waals surface area (Å²) in [6, 6.07) is 3.60. The van der Waals surface area contributed by atoms with Crippen LogP contribution in [0.15, 0.2) is 35.2 Å². The van der Waals surface area contributed by atoms with Crippen LogP contribution in [0.25, 0.3) is 0 Å². The summed E-state index contributed by atoms with van der Waals surface area (Å²) in [4.78, 5) is 19.5. The van der Waals surface area contributed by atoms with Crippen LogP contribution >= 0.6 is 15.9 Å². The van der Waals surface area contributed by atoms with Crippen LogP contribution in [0.1, 0.15) is 16.1 Å². The van der Waals surface area contributed by atoms with Gasteiger partial charge in [-0.15, -0.1) is 0 Å². The van der Waals surface area contributed by atoms with E-state index in [9.17, 15) is 4.79 Å². The number of aromatic nitrogens is 2. The van der Waals surface area contributed by atoms with Gasteiger partial charge in [0.2, 0.25) is 0 Å². The number of nitrogens with zero attached hydrogens (tertiary/aromatic N) is 2. The molecule has 2 heterocycles. The summed E-state index contributed by atoms with van der Waals surface area (Å²) >= 11 is 3.43. The number of carbonyl (C=O) groups excluding carboxylic acids is 1. The summed E-state index contributed by atoms with van der Waals surface area (Å²) in [7, 11) is 0. The number of fused-ring (bicyclic) bond motifs is 1. The van der Waals surface area contributed by atoms with Gasteiger partial charge in [-0.05, 0) is 12.1 Å². The molecule has 1 aromatic carbocycles. The van der Waals surface area contributed by atoms with Crippen LogP contribution in [0, 0.1) is 0 Å². The number of hydrogen-bond acceptors (Lipinski definition) is 6. The molecule has 0 aliphatic carbocycles. The maximum Gasteiger partial charge on any atom is 0.358 e. The van der Waals surface area contributed by atoms with Gasteiger partial charge in [0.05, 0.1) is 6.20 Å². The van der Waals surface area contributed by atoms with E-state index in [0.717, 1.165) is 10.0 Å². The van der Waals surface area contributed by atoms with Crippen molar-refractivity contribution in [2.45, 2.75) is 6.61 Å². The van der Waals surface area contributed by atoms with Gasteiger partial charge in [-0.25, -0.2) is 9.78 Å². The van der Waals surface area contributed by atoms with E-state index in [2.05, 4.69) is 25.9 Å². The van der Waals surface area contributed by atoms with E-state index >= 15 is 0 Å². The first kappa shape index (κ1) is 13.8. The molecule has 0 spiro atoms. The van der Waals surface area contributed by atoms with Crippen molar-refractivity contribution < 1.29 is 19.0 Å². The average Bonchev–Trinajstić information content (AvgIpc) is 2.53. The van der Waals surface area contributed by atoms with E-state index in [-0.39, 0.29) is 12.3 Å². The van der Waals surface area contributed by atoms with E-state index in [1.807, 2.05) is 0 Å². The Morgan fingerprint density at radius 1 is 1.24 bits per heavy atom. The van der Waals surface area contributed by atoms with Crippen LogP contribution in [0.3, 0.4) is 0 Å². The predicted molar refractivity (Wildman–Crippen MR) is 76.3 cm³/mol. The van der Waals surface area contributed by atoms with Gasteiger partial charge in [-0.3, -0.25) is 4.98 Å². The first-order valence-corrected chi connectivity index (χ1v) is 7.04. The highest BCUT2D eigenvalue weighted by Gasteiger charge is 2.16. The normalized spacial score (nSPS) is 12.8. The summed E-state index contributed by atoms with van der Waals surface area (Å²) in [5, 5.41) is 0. The molecule has 0 unspecified atom stereocenters. The van der Waals surface area contributed by atoms with E-state index < -0.39 is 5.97 Å². The Kier molecular flexibility index (Phi) is 4.01. The highest BCUT2D eigenvalue weighted by molar-refractivity contribution is 9.10. The molecule has 1 aromatic heterocycles.